The van der Waals surface area contributed by atoms with Crippen molar-refractivity contribution in [2.24, 2.45) is 0 Å². The maximum Gasteiger partial charge on any atom is 0.262 e. The van der Waals surface area contributed by atoms with Gasteiger partial charge in [-0.05, 0) is 43.2 Å². The Hall–Kier alpha value is -3.08. The minimum absolute atomic E-state index is 0.0321. The number of pyridine rings is 1. The largest absolute Gasteiger partial charge is 0.497 e. The molecule has 1 aliphatic carbocycles. The van der Waals surface area contributed by atoms with Gasteiger partial charge in [-0.1, -0.05) is 37.5 Å². The first kappa shape index (κ1) is 19.2. The van der Waals surface area contributed by atoms with Crippen molar-refractivity contribution in [3.05, 3.63) is 70.6 Å². The molecule has 5 nitrogen and oxygen atoms in total. The van der Waals surface area contributed by atoms with Crippen LogP contribution in [0.2, 0.25) is 0 Å². The number of carbonyl (C=O) groups is 1. The number of amides is 1. The molecule has 1 aliphatic rings. The number of hydrogen-bond acceptors (Lipinski definition) is 3. The number of nitrogens with zero attached hydrogens (tertiary/aromatic N) is 2. The Bertz CT molecular complexity index is 1080. The second-order valence-corrected chi connectivity index (χ2v) is 7.67. The summed E-state index contributed by atoms with van der Waals surface area (Å²) in [6.07, 6.45) is 7.33. The molecule has 5 heteroatoms. The van der Waals surface area contributed by atoms with Crippen LogP contribution in [0.25, 0.3) is 16.5 Å². The summed E-state index contributed by atoms with van der Waals surface area (Å²) >= 11 is 0. The molecule has 1 heterocycles. The molecule has 0 N–H and O–H groups in total. The van der Waals surface area contributed by atoms with Crippen LogP contribution in [-0.2, 0) is 0 Å². The van der Waals surface area contributed by atoms with Crippen LogP contribution in [0.5, 0.6) is 5.75 Å². The first-order valence-corrected chi connectivity index (χ1v) is 10.2. The minimum Gasteiger partial charge on any atom is -0.497 e. The smallest absolute Gasteiger partial charge is 0.262 e. The Morgan fingerprint density at radius 2 is 1.66 bits per heavy atom. The third kappa shape index (κ3) is 3.65. The summed E-state index contributed by atoms with van der Waals surface area (Å²) in [5, 5.41) is 1.25. The van der Waals surface area contributed by atoms with Gasteiger partial charge in [-0.3, -0.25) is 14.2 Å². The normalized spacial score (nSPS) is 14.7. The molecule has 1 amide bonds. The van der Waals surface area contributed by atoms with Crippen LogP contribution in [0, 0.1) is 0 Å². The number of benzene rings is 2. The van der Waals surface area contributed by atoms with Crippen LogP contribution in [-0.4, -0.2) is 35.6 Å². The molecule has 0 unspecified atom stereocenters. The lowest BCUT2D eigenvalue weighted by molar-refractivity contribution is 0.0697. The van der Waals surface area contributed by atoms with E-state index in [4.69, 9.17) is 4.74 Å². The van der Waals surface area contributed by atoms with Gasteiger partial charge in [0.1, 0.15) is 5.75 Å². The molecule has 1 saturated carbocycles. The monoisotopic (exact) mass is 390 g/mol. The average Bonchev–Trinajstić information content (AvgIpc) is 2.79. The molecule has 1 aromatic heterocycles. The zero-order valence-electron chi connectivity index (χ0n) is 16.9. The zero-order chi connectivity index (χ0) is 20.4. The van der Waals surface area contributed by atoms with Crippen molar-refractivity contribution in [3.8, 4) is 11.4 Å². The van der Waals surface area contributed by atoms with Gasteiger partial charge < -0.3 is 9.64 Å². The van der Waals surface area contributed by atoms with Crippen LogP contribution in [0.1, 0.15) is 42.5 Å². The van der Waals surface area contributed by atoms with Gasteiger partial charge in [0.15, 0.2) is 0 Å². The highest BCUT2D eigenvalue weighted by molar-refractivity contribution is 6.06. The minimum atomic E-state index is -0.136. The Balaban J connectivity index is 1.83. The highest BCUT2D eigenvalue weighted by Gasteiger charge is 2.25. The average molecular weight is 390 g/mol. The van der Waals surface area contributed by atoms with Gasteiger partial charge >= 0.3 is 0 Å². The van der Waals surface area contributed by atoms with Gasteiger partial charge in [0.05, 0.1) is 12.7 Å². The fourth-order valence-electron chi connectivity index (χ4n) is 4.22. The predicted octanol–water partition coefficient (Wildman–Crippen LogP) is 4.40. The lowest BCUT2D eigenvalue weighted by Crippen LogP contribution is -2.39. The van der Waals surface area contributed by atoms with E-state index in [1.54, 1.807) is 23.9 Å². The summed E-state index contributed by atoms with van der Waals surface area (Å²) < 4.78 is 6.78. The molecular weight excluding hydrogens is 364 g/mol. The molecular formula is C24H26N2O3. The molecule has 150 valence electrons. The number of rotatable bonds is 4. The van der Waals surface area contributed by atoms with E-state index in [0.717, 1.165) is 31.4 Å². The molecule has 0 saturated heterocycles. The van der Waals surface area contributed by atoms with Gasteiger partial charge in [-0.15, -0.1) is 0 Å². The number of carbonyl (C=O) groups excluding carboxylic acids is 1. The van der Waals surface area contributed by atoms with Crippen molar-refractivity contribution in [1.29, 1.82) is 0 Å². The molecule has 0 radical (unpaired) electrons. The summed E-state index contributed by atoms with van der Waals surface area (Å²) in [4.78, 5) is 28.4. The number of fused-ring (bicyclic) bond motifs is 1. The fraction of sp³-hybridized carbons (Fsp3) is 0.333. The van der Waals surface area contributed by atoms with E-state index in [1.165, 1.54) is 6.42 Å². The Morgan fingerprint density at radius 3 is 2.31 bits per heavy atom. The van der Waals surface area contributed by atoms with Crippen LogP contribution in [0.4, 0.5) is 0 Å². The Kier molecular flexibility index (Phi) is 5.38. The molecule has 1 fully saturated rings. The van der Waals surface area contributed by atoms with Gasteiger partial charge in [-0.2, -0.15) is 0 Å². The number of ether oxygens (including phenoxy) is 1. The van der Waals surface area contributed by atoms with Gasteiger partial charge in [0, 0.05) is 35.7 Å². The van der Waals surface area contributed by atoms with Crippen LogP contribution < -0.4 is 10.3 Å². The highest BCUT2D eigenvalue weighted by Crippen LogP contribution is 2.25. The highest BCUT2D eigenvalue weighted by atomic mass is 16.5. The Morgan fingerprint density at radius 1 is 1.00 bits per heavy atom. The molecule has 2 aromatic carbocycles. The standard InChI is InChI=1S/C24H26N2O3/c1-25(17-8-4-3-5-9-17)23(27)22-16-26(18-12-14-19(29-2)15-13-18)24(28)21-11-7-6-10-20(21)22/h6-7,10-17H,3-5,8-9H2,1-2H3. The van der Waals surface area contributed by atoms with E-state index in [2.05, 4.69) is 0 Å². The maximum atomic E-state index is 13.4. The van der Waals surface area contributed by atoms with Gasteiger partial charge in [0.25, 0.3) is 11.5 Å². The first-order chi connectivity index (χ1) is 14.1. The maximum absolute atomic E-state index is 13.4. The van der Waals surface area contributed by atoms with Crippen molar-refractivity contribution in [3.63, 3.8) is 0 Å². The molecule has 0 atom stereocenters. The van der Waals surface area contributed by atoms with E-state index < -0.39 is 0 Å². The van der Waals surface area contributed by atoms with E-state index in [0.29, 0.717) is 22.0 Å². The van der Waals surface area contributed by atoms with E-state index in [9.17, 15) is 9.59 Å². The summed E-state index contributed by atoms with van der Waals surface area (Å²) in [6, 6.07) is 14.9. The van der Waals surface area contributed by atoms with Crippen LogP contribution in [0.3, 0.4) is 0 Å². The van der Waals surface area contributed by atoms with Crippen LogP contribution in [0.15, 0.2) is 59.5 Å². The molecule has 0 spiro atoms. The van der Waals surface area contributed by atoms with E-state index in [1.807, 2.05) is 54.4 Å². The first-order valence-electron chi connectivity index (χ1n) is 10.2. The summed E-state index contributed by atoms with van der Waals surface area (Å²) in [6.45, 7) is 0. The van der Waals surface area contributed by atoms with Crippen molar-refractivity contribution < 1.29 is 9.53 Å². The number of hydrogen-bond donors (Lipinski definition) is 0. The number of aromatic nitrogens is 1. The van der Waals surface area contributed by atoms with Gasteiger partial charge in [-0.25, -0.2) is 0 Å². The van der Waals surface area contributed by atoms with Gasteiger partial charge in [0.2, 0.25) is 0 Å². The zero-order valence-corrected chi connectivity index (χ0v) is 16.9. The molecule has 0 aliphatic heterocycles. The second-order valence-electron chi connectivity index (χ2n) is 7.67. The fourth-order valence-corrected chi connectivity index (χ4v) is 4.22. The van der Waals surface area contributed by atoms with E-state index in [-0.39, 0.29) is 17.5 Å². The Labute approximate surface area is 170 Å². The molecule has 29 heavy (non-hydrogen) atoms. The van der Waals surface area contributed by atoms with Crippen molar-refractivity contribution >= 4 is 16.7 Å². The number of methoxy groups -OCH3 is 1. The molecule has 4 rings (SSSR count). The van der Waals surface area contributed by atoms with Crippen molar-refractivity contribution in [2.75, 3.05) is 14.2 Å². The SMILES string of the molecule is COc1ccc(-n2cc(C(=O)N(C)C3CCCCC3)c3ccccc3c2=O)cc1. The molecule has 0 bridgehead atoms. The van der Waals surface area contributed by atoms with Crippen LogP contribution >= 0.6 is 0 Å². The third-order valence-corrected chi connectivity index (χ3v) is 5.95. The van der Waals surface area contributed by atoms with E-state index >= 15 is 0 Å². The third-order valence-electron chi connectivity index (χ3n) is 5.95. The lowest BCUT2D eigenvalue weighted by Gasteiger charge is -2.31. The summed E-state index contributed by atoms with van der Waals surface area (Å²) in [5.41, 5.74) is 1.13. The van der Waals surface area contributed by atoms with Crippen molar-refractivity contribution in [1.82, 2.24) is 9.47 Å². The van der Waals surface area contributed by atoms with Crippen molar-refractivity contribution in [2.45, 2.75) is 38.1 Å². The quantitative estimate of drug-likeness (QED) is 0.663. The topological polar surface area (TPSA) is 51.5 Å². The lowest BCUT2D eigenvalue weighted by atomic mass is 9.94. The molecule has 3 aromatic rings. The summed E-state index contributed by atoms with van der Waals surface area (Å²) in [5.74, 6) is 0.686. The predicted molar refractivity (Wildman–Crippen MR) is 115 cm³/mol. The summed E-state index contributed by atoms with van der Waals surface area (Å²) in [7, 11) is 3.49. The second kappa shape index (κ2) is 8.11.